The van der Waals surface area contributed by atoms with Gasteiger partial charge in [0.1, 0.15) is 0 Å². The molecule has 0 heteroatoms. The van der Waals surface area contributed by atoms with Crippen LogP contribution in [-0.2, 0) is 11.8 Å². The lowest BCUT2D eigenvalue weighted by Gasteiger charge is -2.35. The molecule has 0 saturated heterocycles. The summed E-state index contributed by atoms with van der Waals surface area (Å²) in [6, 6.07) is 13.8. The molecule has 0 aliphatic heterocycles. The molecule has 1 aliphatic carbocycles. The van der Waals surface area contributed by atoms with Crippen molar-refractivity contribution in [2.75, 3.05) is 0 Å². The SMILES string of the molecule is Cc1ccc2c(c1)C(C)(C)c1cc(C)ccc1C2. The van der Waals surface area contributed by atoms with Crippen molar-refractivity contribution in [2.24, 2.45) is 0 Å². The standard InChI is InChI=1S/C18H20/c1-12-5-7-14-11-15-8-6-13(2)10-17(15)18(3,4)16(14)9-12/h5-10H,11H2,1-4H3. The van der Waals surface area contributed by atoms with Crippen molar-refractivity contribution in [2.45, 2.75) is 39.5 Å². The summed E-state index contributed by atoms with van der Waals surface area (Å²) in [6.07, 6.45) is 1.08. The molecule has 0 atom stereocenters. The Kier molecular flexibility index (Phi) is 2.38. The third kappa shape index (κ3) is 1.59. The normalized spacial score (nSPS) is 16.0. The first kappa shape index (κ1) is 11.5. The van der Waals surface area contributed by atoms with Gasteiger partial charge in [0, 0.05) is 5.41 Å². The highest BCUT2D eigenvalue weighted by Crippen LogP contribution is 2.41. The summed E-state index contributed by atoms with van der Waals surface area (Å²) >= 11 is 0. The monoisotopic (exact) mass is 236 g/mol. The lowest BCUT2D eigenvalue weighted by Crippen LogP contribution is -2.27. The average molecular weight is 236 g/mol. The van der Waals surface area contributed by atoms with Crippen LogP contribution in [0.1, 0.15) is 47.2 Å². The van der Waals surface area contributed by atoms with Crippen LogP contribution in [0.4, 0.5) is 0 Å². The quantitative estimate of drug-likeness (QED) is 0.630. The second-order valence-electron chi connectivity index (χ2n) is 6.12. The van der Waals surface area contributed by atoms with Crippen molar-refractivity contribution in [3.63, 3.8) is 0 Å². The van der Waals surface area contributed by atoms with E-state index in [9.17, 15) is 0 Å². The van der Waals surface area contributed by atoms with Crippen LogP contribution in [-0.4, -0.2) is 0 Å². The van der Waals surface area contributed by atoms with Crippen molar-refractivity contribution < 1.29 is 0 Å². The van der Waals surface area contributed by atoms with E-state index in [0.717, 1.165) is 6.42 Å². The summed E-state index contributed by atoms with van der Waals surface area (Å²) in [7, 11) is 0. The van der Waals surface area contributed by atoms with Crippen LogP contribution >= 0.6 is 0 Å². The van der Waals surface area contributed by atoms with Crippen LogP contribution in [0, 0.1) is 13.8 Å². The Hall–Kier alpha value is -1.56. The molecule has 92 valence electrons. The number of fused-ring (bicyclic) bond motifs is 2. The van der Waals surface area contributed by atoms with Crippen molar-refractivity contribution in [1.29, 1.82) is 0 Å². The van der Waals surface area contributed by atoms with Gasteiger partial charge in [-0.25, -0.2) is 0 Å². The molecule has 0 amide bonds. The lowest BCUT2D eigenvalue weighted by molar-refractivity contribution is 0.609. The number of rotatable bonds is 0. The molecule has 0 aromatic heterocycles. The zero-order valence-electron chi connectivity index (χ0n) is 11.7. The fourth-order valence-corrected chi connectivity index (χ4v) is 3.20. The molecule has 1 aliphatic rings. The summed E-state index contributed by atoms with van der Waals surface area (Å²) in [5.74, 6) is 0. The smallest absolute Gasteiger partial charge is 0.0152 e. The van der Waals surface area contributed by atoms with E-state index in [4.69, 9.17) is 0 Å². The molecule has 0 fully saturated rings. The Morgan fingerprint density at radius 2 is 1.22 bits per heavy atom. The summed E-state index contributed by atoms with van der Waals surface area (Å²) in [5, 5.41) is 0. The van der Waals surface area contributed by atoms with Crippen molar-refractivity contribution in [1.82, 2.24) is 0 Å². The van der Waals surface area contributed by atoms with Gasteiger partial charge in [-0.2, -0.15) is 0 Å². The Morgan fingerprint density at radius 3 is 1.67 bits per heavy atom. The molecule has 0 radical (unpaired) electrons. The molecule has 3 rings (SSSR count). The maximum atomic E-state index is 2.36. The maximum absolute atomic E-state index is 2.36. The first-order valence-electron chi connectivity index (χ1n) is 6.68. The summed E-state index contributed by atoms with van der Waals surface area (Å²) in [6.45, 7) is 9.07. The van der Waals surface area contributed by atoms with E-state index >= 15 is 0 Å². The number of aryl methyl sites for hydroxylation is 2. The van der Waals surface area contributed by atoms with Gasteiger partial charge in [0.2, 0.25) is 0 Å². The van der Waals surface area contributed by atoms with Crippen LogP contribution in [0.5, 0.6) is 0 Å². The average Bonchev–Trinajstić information content (AvgIpc) is 2.32. The van der Waals surface area contributed by atoms with Gasteiger partial charge in [-0.3, -0.25) is 0 Å². The molecule has 2 aromatic carbocycles. The predicted octanol–water partition coefficient (Wildman–Crippen LogP) is 4.53. The van der Waals surface area contributed by atoms with Crippen LogP contribution < -0.4 is 0 Å². The van der Waals surface area contributed by atoms with Crippen LogP contribution in [0.3, 0.4) is 0 Å². The molecule has 0 unspecified atom stereocenters. The van der Waals surface area contributed by atoms with E-state index in [-0.39, 0.29) is 5.41 Å². The maximum Gasteiger partial charge on any atom is 0.0152 e. The van der Waals surface area contributed by atoms with Crippen LogP contribution in [0.15, 0.2) is 36.4 Å². The van der Waals surface area contributed by atoms with E-state index in [1.807, 2.05) is 0 Å². The van der Waals surface area contributed by atoms with E-state index in [1.54, 1.807) is 0 Å². The number of hydrogen-bond donors (Lipinski definition) is 0. The van der Waals surface area contributed by atoms with Crippen LogP contribution in [0.25, 0.3) is 0 Å². The topological polar surface area (TPSA) is 0 Å². The van der Waals surface area contributed by atoms with Crippen molar-refractivity contribution >= 4 is 0 Å². The first-order valence-corrected chi connectivity index (χ1v) is 6.68. The van der Waals surface area contributed by atoms with Gasteiger partial charge in [-0.1, -0.05) is 61.4 Å². The minimum absolute atomic E-state index is 0.126. The molecule has 0 nitrogen and oxygen atoms in total. The predicted molar refractivity (Wildman–Crippen MR) is 77.3 cm³/mol. The third-order valence-electron chi connectivity index (χ3n) is 4.26. The van der Waals surface area contributed by atoms with Gasteiger partial charge < -0.3 is 0 Å². The van der Waals surface area contributed by atoms with Crippen molar-refractivity contribution in [3.05, 3.63) is 69.8 Å². The molecule has 0 spiro atoms. The highest BCUT2D eigenvalue weighted by atomic mass is 14.4. The molecule has 0 bridgehead atoms. The molecular formula is C18H20. The summed E-state index contributed by atoms with van der Waals surface area (Å²) < 4.78 is 0. The molecule has 0 heterocycles. The Labute approximate surface area is 110 Å². The Bertz CT molecular complexity index is 564. The fraction of sp³-hybridized carbons (Fsp3) is 0.333. The van der Waals surface area contributed by atoms with E-state index in [1.165, 1.54) is 33.4 Å². The minimum atomic E-state index is 0.126. The second-order valence-corrected chi connectivity index (χ2v) is 6.12. The largest absolute Gasteiger partial charge is 0.0590 e. The van der Waals surface area contributed by atoms with Gasteiger partial charge in [0.05, 0.1) is 0 Å². The second kappa shape index (κ2) is 3.71. The van der Waals surface area contributed by atoms with E-state index in [2.05, 4.69) is 64.1 Å². The van der Waals surface area contributed by atoms with Gasteiger partial charge in [0.15, 0.2) is 0 Å². The first-order chi connectivity index (χ1) is 8.48. The number of hydrogen-bond acceptors (Lipinski definition) is 0. The minimum Gasteiger partial charge on any atom is -0.0590 e. The molecule has 0 N–H and O–H groups in total. The Morgan fingerprint density at radius 1 is 0.778 bits per heavy atom. The summed E-state index contributed by atoms with van der Waals surface area (Å²) in [5.41, 5.74) is 8.82. The molecule has 0 saturated carbocycles. The highest BCUT2D eigenvalue weighted by Gasteiger charge is 2.32. The molecule has 18 heavy (non-hydrogen) atoms. The zero-order chi connectivity index (χ0) is 12.9. The van der Waals surface area contributed by atoms with E-state index < -0.39 is 0 Å². The highest BCUT2D eigenvalue weighted by molar-refractivity contribution is 5.54. The zero-order valence-corrected chi connectivity index (χ0v) is 11.7. The van der Waals surface area contributed by atoms with E-state index in [0.29, 0.717) is 0 Å². The third-order valence-corrected chi connectivity index (χ3v) is 4.26. The number of benzene rings is 2. The lowest BCUT2D eigenvalue weighted by atomic mass is 9.68. The van der Waals surface area contributed by atoms with Crippen LogP contribution in [0.2, 0.25) is 0 Å². The van der Waals surface area contributed by atoms with Crippen molar-refractivity contribution in [3.8, 4) is 0 Å². The molecule has 2 aromatic rings. The van der Waals surface area contributed by atoms with Gasteiger partial charge >= 0.3 is 0 Å². The van der Waals surface area contributed by atoms with Gasteiger partial charge in [0.25, 0.3) is 0 Å². The van der Waals surface area contributed by atoms with Gasteiger partial charge in [-0.15, -0.1) is 0 Å². The molecular weight excluding hydrogens is 216 g/mol. The van der Waals surface area contributed by atoms with Gasteiger partial charge in [-0.05, 0) is 42.5 Å². The fourth-order valence-electron chi connectivity index (χ4n) is 3.20. The Balaban J connectivity index is 2.27. The summed E-state index contributed by atoms with van der Waals surface area (Å²) in [4.78, 5) is 0.